The fraction of sp³-hybridized carbons (Fsp3) is 0.160. The average molecular weight is 518 g/mol. The first-order valence-corrected chi connectivity index (χ1v) is 11.0. The minimum Gasteiger partial charge on any atom is -0.496 e. The first-order chi connectivity index (χ1) is 16.7. The van der Waals surface area contributed by atoms with E-state index in [0.29, 0.717) is 28.2 Å². The molecule has 3 aromatic rings. The molecule has 0 aromatic heterocycles. The number of rotatable bonds is 9. The third-order valence-electron chi connectivity index (χ3n) is 5.23. The van der Waals surface area contributed by atoms with Gasteiger partial charge in [-0.2, -0.15) is 0 Å². The van der Waals surface area contributed by atoms with Crippen LogP contribution in [0.1, 0.15) is 26.3 Å². The predicted molar refractivity (Wildman–Crippen MR) is 131 cm³/mol. The van der Waals surface area contributed by atoms with Crippen molar-refractivity contribution in [2.45, 2.75) is 12.5 Å². The second kappa shape index (κ2) is 11.1. The van der Waals surface area contributed by atoms with Crippen LogP contribution in [0.3, 0.4) is 0 Å². The zero-order chi connectivity index (χ0) is 25.7. The molecule has 0 aliphatic rings. The molecule has 0 heterocycles. The van der Waals surface area contributed by atoms with E-state index in [9.17, 15) is 24.6 Å². The molecule has 182 valence electrons. The van der Waals surface area contributed by atoms with Gasteiger partial charge in [-0.15, -0.1) is 0 Å². The van der Waals surface area contributed by atoms with Gasteiger partial charge in [-0.25, -0.2) is 9.59 Å². The summed E-state index contributed by atoms with van der Waals surface area (Å²) in [6.45, 7) is 0. The molecule has 0 bridgehead atoms. The molecule has 35 heavy (non-hydrogen) atoms. The van der Waals surface area contributed by atoms with Gasteiger partial charge >= 0.3 is 11.9 Å². The molecule has 0 aliphatic heterocycles. The van der Waals surface area contributed by atoms with E-state index >= 15 is 0 Å². The zero-order valence-electron chi connectivity index (χ0n) is 18.7. The van der Waals surface area contributed by atoms with E-state index in [-0.39, 0.29) is 27.6 Å². The Morgan fingerprint density at radius 3 is 1.91 bits per heavy atom. The van der Waals surface area contributed by atoms with Crippen molar-refractivity contribution in [1.82, 2.24) is 5.32 Å². The summed E-state index contributed by atoms with van der Waals surface area (Å²) in [5.41, 5.74) is 1.85. The summed E-state index contributed by atoms with van der Waals surface area (Å²) in [5.74, 6) is -2.43. The van der Waals surface area contributed by atoms with E-state index < -0.39 is 23.9 Å². The summed E-state index contributed by atoms with van der Waals surface area (Å²) in [6, 6.07) is 13.0. The van der Waals surface area contributed by atoms with Crippen molar-refractivity contribution in [3.05, 3.63) is 81.3 Å². The Labute approximate surface area is 211 Å². The maximum atomic E-state index is 12.6. The van der Waals surface area contributed by atoms with Crippen LogP contribution in [0.4, 0.5) is 0 Å². The van der Waals surface area contributed by atoms with Gasteiger partial charge in [0.15, 0.2) is 0 Å². The summed E-state index contributed by atoms with van der Waals surface area (Å²) >= 11 is 12.1. The Morgan fingerprint density at radius 2 is 1.46 bits per heavy atom. The number of aromatic carboxylic acids is 1. The minimum absolute atomic E-state index is 0.00132. The number of halogens is 2. The number of aliphatic carboxylic acids is 1. The molecule has 0 aliphatic carbocycles. The number of carboxylic acids is 2. The van der Waals surface area contributed by atoms with Crippen LogP contribution in [0.15, 0.2) is 54.6 Å². The Balaban J connectivity index is 1.86. The molecule has 1 atom stereocenters. The molecule has 3 N–H and O–H groups in total. The van der Waals surface area contributed by atoms with E-state index in [1.165, 1.54) is 38.5 Å². The topological polar surface area (TPSA) is 122 Å². The highest BCUT2D eigenvalue weighted by Crippen LogP contribution is 2.39. The lowest BCUT2D eigenvalue weighted by Gasteiger charge is -2.17. The third kappa shape index (κ3) is 5.85. The van der Waals surface area contributed by atoms with Gasteiger partial charge in [0, 0.05) is 6.42 Å². The number of carbonyl (C=O) groups is 3. The number of carbonyl (C=O) groups excluding carboxylic acids is 1. The van der Waals surface area contributed by atoms with Crippen LogP contribution < -0.4 is 14.8 Å². The maximum Gasteiger partial charge on any atom is 0.335 e. The highest BCUT2D eigenvalue weighted by atomic mass is 35.5. The van der Waals surface area contributed by atoms with Gasteiger partial charge in [0.05, 0.1) is 41.0 Å². The molecular formula is C25H21Cl2NO7. The van der Waals surface area contributed by atoms with Crippen LogP contribution in [0.5, 0.6) is 11.5 Å². The molecule has 0 saturated heterocycles. The first-order valence-electron chi connectivity index (χ1n) is 10.2. The van der Waals surface area contributed by atoms with Crippen molar-refractivity contribution in [2.24, 2.45) is 0 Å². The van der Waals surface area contributed by atoms with Crippen molar-refractivity contribution < 1.29 is 34.1 Å². The molecule has 0 unspecified atom stereocenters. The van der Waals surface area contributed by atoms with Gasteiger partial charge in [-0.1, -0.05) is 53.5 Å². The third-order valence-corrected chi connectivity index (χ3v) is 5.86. The van der Waals surface area contributed by atoms with Crippen LogP contribution >= 0.6 is 23.2 Å². The highest BCUT2D eigenvalue weighted by Gasteiger charge is 2.24. The summed E-state index contributed by atoms with van der Waals surface area (Å²) in [5, 5.41) is 21.6. The molecule has 8 nitrogen and oxygen atoms in total. The zero-order valence-corrected chi connectivity index (χ0v) is 20.2. The maximum absolute atomic E-state index is 12.6. The molecule has 10 heteroatoms. The predicted octanol–water partition coefficient (Wildman–Crippen LogP) is 4.80. The molecule has 3 aromatic carbocycles. The number of hydrogen-bond acceptors (Lipinski definition) is 5. The number of benzene rings is 3. The van der Waals surface area contributed by atoms with Crippen molar-refractivity contribution in [1.29, 1.82) is 0 Å². The number of hydrogen-bond donors (Lipinski definition) is 3. The smallest absolute Gasteiger partial charge is 0.335 e. The van der Waals surface area contributed by atoms with Gasteiger partial charge < -0.3 is 25.0 Å². The van der Waals surface area contributed by atoms with Gasteiger partial charge in [0.1, 0.15) is 17.5 Å². The number of carboxylic acid groups (broad SMARTS) is 2. The molecule has 0 saturated carbocycles. The Kier molecular flexibility index (Phi) is 8.22. The summed E-state index contributed by atoms with van der Waals surface area (Å²) < 4.78 is 10.7. The summed E-state index contributed by atoms with van der Waals surface area (Å²) in [6.07, 6.45) is -0.00432. The van der Waals surface area contributed by atoms with Crippen LogP contribution in [0.25, 0.3) is 11.1 Å². The number of amides is 1. The SMILES string of the molecule is COc1cc(C(=O)O)cc(OC)c1-c1ccc(C[C@H](NC(=O)c2c(Cl)cccc2Cl)C(=O)O)cc1. The van der Waals surface area contributed by atoms with Crippen LogP contribution in [-0.2, 0) is 11.2 Å². The first kappa shape index (κ1) is 25.9. The van der Waals surface area contributed by atoms with Crippen molar-refractivity contribution in [3.8, 4) is 22.6 Å². The largest absolute Gasteiger partial charge is 0.496 e. The molecule has 1 amide bonds. The normalized spacial score (nSPS) is 11.4. The molecule has 0 spiro atoms. The van der Waals surface area contributed by atoms with E-state index in [1.54, 1.807) is 30.3 Å². The number of nitrogens with one attached hydrogen (secondary N) is 1. The molecule has 0 fully saturated rings. The second-order valence-electron chi connectivity index (χ2n) is 7.42. The lowest BCUT2D eigenvalue weighted by atomic mass is 9.98. The second-order valence-corrected chi connectivity index (χ2v) is 8.24. The fourth-order valence-corrected chi connectivity index (χ4v) is 4.08. The van der Waals surface area contributed by atoms with Crippen LogP contribution in [0, 0.1) is 0 Å². The Bertz CT molecular complexity index is 1230. The molecular weight excluding hydrogens is 497 g/mol. The molecule has 0 radical (unpaired) electrons. The Morgan fingerprint density at radius 1 is 0.914 bits per heavy atom. The van der Waals surface area contributed by atoms with Crippen molar-refractivity contribution >= 4 is 41.0 Å². The van der Waals surface area contributed by atoms with Crippen LogP contribution in [-0.4, -0.2) is 48.3 Å². The number of methoxy groups -OCH3 is 2. The van der Waals surface area contributed by atoms with E-state index in [0.717, 1.165) is 0 Å². The lowest BCUT2D eigenvalue weighted by molar-refractivity contribution is -0.139. The van der Waals surface area contributed by atoms with E-state index in [2.05, 4.69) is 5.32 Å². The van der Waals surface area contributed by atoms with Gasteiger partial charge in [0.2, 0.25) is 0 Å². The standard InChI is InChI=1S/C25H21Cl2NO7/c1-34-19-11-15(24(30)31)12-20(35-2)21(19)14-8-6-13(7-9-14)10-18(25(32)33)28-23(29)22-16(26)4-3-5-17(22)27/h3-9,11-12,18H,10H2,1-2H3,(H,28,29)(H,30,31)(H,32,33)/t18-/m0/s1. The minimum atomic E-state index is -1.24. The quantitative estimate of drug-likeness (QED) is 0.372. The van der Waals surface area contributed by atoms with Gasteiger partial charge in [-0.05, 0) is 35.4 Å². The van der Waals surface area contributed by atoms with Gasteiger partial charge in [-0.3, -0.25) is 4.79 Å². The summed E-state index contributed by atoms with van der Waals surface area (Å²) in [7, 11) is 2.84. The number of ether oxygens (including phenoxy) is 2. The summed E-state index contributed by atoms with van der Waals surface area (Å²) in [4.78, 5) is 35.8. The fourth-order valence-electron chi connectivity index (χ4n) is 3.51. The Hall–Kier alpha value is -3.75. The molecule has 3 rings (SSSR count). The van der Waals surface area contributed by atoms with Gasteiger partial charge in [0.25, 0.3) is 5.91 Å². The van der Waals surface area contributed by atoms with Crippen molar-refractivity contribution in [2.75, 3.05) is 14.2 Å². The monoisotopic (exact) mass is 517 g/mol. The van der Waals surface area contributed by atoms with E-state index in [1.807, 2.05) is 0 Å². The van der Waals surface area contributed by atoms with Crippen molar-refractivity contribution in [3.63, 3.8) is 0 Å². The average Bonchev–Trinajstić information content (AvgIpc) is 2.83. The van der Waals surface area contributed by atoms with Crippen LogP contribution in [0.2, 0.25) is 10.0 Å². The lowest BCUT2D eigenvalue weighted by Crippen LogP contribution is -2.42. The van der Waals surface area contributed by atoms with E-state index in [4.69, 9.17) is 32.7 Å². The highest BCUT2D eigenvalue weighted by molar-refractivity contribution is 6.39.